The Morgan fingerprint density at radius 2 is 2.00 bits per heavy atom. The number of halogens is 3. The molecule has 1 atom stereocenters. The number of nitrogens with zero attached hydrogens (tertiary/aromatic N) is 2. The molecule has 0 radical (unpaired) electrons. The van der Waals surface area contributed by atoms with Crippen LogP contribution in [0.3, 0.4) is 0 Å². The SMILES string of the molecule is COC(=O)C1CCC(c2cc3c(N[C@H](C)c4cccc(C(F)(F)CO)c4F)nc(C)nc3c3c2OCC3)CC1. The van der Waals surface area contributed by atoms with Gasteiger partial charge in [-0.15, -0.1) is 0 Å². The monoisotopic (exact) mass is 543 g/mol. The van der Waals surface area contributed by atoms with Crippen molar-refractivity contribution in [3.05, 3.63) is 58.2 Å². The maximum absolute atomic E-state index is 15.2. The molecule has 2 aromatic carbocycles. The van der Waals surface area contributed by atoms with Gasteiger partial charge in [0.05, 0.1) is 36.8 Å². The third-order valence-corrected chi connectivity index (χ3v) is 7.92. The molecule has 0 amide bonds. The van der Waals surface area contributed by atoms with E-state index >= 15 is 4.39 Å². The molecule has 2 aliphatic rings. The molecular formula is C29H32F3N3O4. The number of hydrogen-bond donors (Lipinski definition) is 2. The lowest BCUT2D eigenvalue weighted by Crippen LogP contribution is -2.22. The third-order valence-electron chi connectivity index (χ3n) is 7.92. The second-order valence-electron chi connectivity index (χ2n) is 10.4. The summed E-state index contributed by atoms with van der Waals surface area (Å²) in [6, 6.07) is 5.09. The molecule has 0 unspecified atom stereocenters. The highest BCUT2D eigenvalue weighted by Crippen LogP contribution is 2.46. The van der Waals surface area contributed by atoms with Crippen LogP contribution in [0.15, 0.2) is 24.3 Å². The number of benzene rings is 2. The van der Waals surface area contributed by atoms with Crippen molar-refractivity contribution in [2.75, 3.05) is 25.6 Å². The molecule has 10 heteroatoms. The van der Waals surface area contributed by atoms with Crippen molar-refractivity contribution >= 4 is 22.7 Å². The average molecular weight is 544 g/mol. The first-order valence-electron chi connectivity index (χ1n) is 13.2. The number of ether oxygens (including phenoxy) is 2. The molecule has 1 aliphatic heterocycles. The van der Waals surface area contributed by atoms with Gasteiger partial charge in [0.15, 0.2) is 0 Å². The highest BCUT2D eigenvalue weighted by atomic mass is 19.3. The van der Waals surface area contributed by atoms with E-state index in [1.54, 1.807) is 13.8 Å². The van der Waals surface area contributed by atoms with E-state index in [1.165, 1.54) is 19.2 Å². The van der Waals surface area contributed by atoms with Gasteiger partial charge in [-0.05, 0) is 63.1 Å². The third kappa shape index (κ3) is 5.02. The zero-order chi connectivity index (χ0) is 27.9. The number of carbonyl (C=O) groups is 1. The predicted octanol–water partition coefficient (Wildman–Crippen LogP) is 5.72. The number of methoxy groups -OCH3 is 1. The highest BCUT2D eigenvalue weighted by Gasteiger charge is 2.36. The number of alkyl halides is 2. The fraction of sp³-hybridized carbons (Fsp3) is 0.483. The molecule has 1 saturated carbocycles. The van der Waals surface area contributed by atoms with Gasteiger partial charge in [-0.3, -0.25) is 4.79 Å². The molecule has 0 bridgehead atoms. The van der Waals surface area contributed by atoms with Crippen molar-refractivity contribution in [3.63, 3.8) is 0 Å². The minimum atomic E-state index is -3.69. The molecule has 7 nitrogen and oxygen atoms in total. The summed E-state index contributed by atoms with van der Waals surface area (Å²) in [4.78, 5) is 21.3. The predicted molar refractivity (Wildman–Crippen MR) is 140 cm³/mol. The Morgan fingerprint density at radius 1 is 1.26 bits per heavy atom. The summed E-state index contributed by atoms with van der Waals surface area (Å²) in [5, 5.41) is 13.0. The number of anilines is 1. The maximum Gasteiger partial charge on any atom is 0.308 e. The summed E-state index contributed by atoms with van der Waals surface area (Å²) in [6.45, 7) is 2.50. The standard InChI is InChI=1S/C29H32F3N3O4/c1-15(19-5-4-6-23(24(19)30)29(31,32)14-36)33-27-22-13-21(17-7-9-18(10-8-17)28(37)38-3)26-20(11-12-39-26)25(22)34-16(2)35-27/h4-6,13,15,17-18,36H,7-12,14H2,1-3H3,(H,33,34,35)/t15-,17?,18?/m1/s1. The normalized spacial score (nSPS) is 19.9. The van der Waals surface area contributed by atoms with E-state index < -0.39 is 30.0 Å². The number of aryl methyl sites for hydroxylation is 1. The molecule has 1 fully saturated rings. The van der Waals surface area contributed by atoms with E-state index in [2.05, 4.69) is 10.3 Å². The van der Waals surface area contributed by atoms with Gasteiger partial charge in [0.2, 0.25) is 0 Å². The van der Waals surface area contributed by atoms with Gasteiger partial charge >= 0.3 is 5.97 Å². The van der Waals surface area contributed by atoms with Crippen LogP contribution in [0.5, 0.6) is 5.75 Å². The molecule has 39 heavy (non-hydrogen) atoms. The molecule has 1 aromatic heterocycles. The molecule has 2 heterocycles. The zero-order valence-corrected chi connectivity index (χ0v) is 22.2. The first-order valence-corrected chi connectivity index (χ1v) is 13.2. The number of nitrogens with one attached hydrogen (secondary N) is 1. The van der Waals surface area contributed by atoms with Crippen LogP contribution in [0.25, 0.3) is 10.9 Å². The second-order valence-corrected chi connectivity index (χ2v) is 10.4. The number of aliphatic hydroxyl groups excluding tert-OH is 1. The van der Waals surface area contributed by atoms with Gasteiger partial charge in [-0.25, -0.2) is 14.4 Å². The summed E-state index contributed by atoms with van der Waals surface area (Å²) in [6.07, 6.45) is 3.76. The summed E-state index contributed by atoms with van der Waals surface area (Å²) < 4.78 is 54.5. The second kappa shape index (κ2) is 10.6. The first kappa shape index (κ1) is 27.2. The largest absolute Gasteiger partial charge is 0.493 e. The molecule has 1 aliphatic carbocycles. The Hall–Kier alpha value is -3.40. The van der Waals surface area contributed by atoms with Crippen LogP contribution in [0.4, 0.5) is 19.0 Å². The number of hydrogen-bond acceptors (Lipinski definition) is 7. The summed E-state index contributed by atoms with van der Waals surface area (Å²) in [5.41, 5.74) is 1.97. The quantitative estimate of drug-likeness (QED) is 0.369. The van der Waals surface area contributed by atoms with Crippen LogP contribution in [0, 0.1) is 18.7 Å². The van der Waals surface area contributed by atoms with E-state index in [9.17, 15) is 13.6 Å². The molecule has 0 saturated heterocycles. The van der Waals surface area contributed by atoms with Crippen LogP contribution < -0.4 is 10.1 Å². The molecule has 0 spiro atoms. The van der Waals surface area contributed by atoms with Crippen molar-refractivity contribution in [2.24, 2.45) is 5.92 Å². The number of esters is 1. The van der Waals surface area contributed by atoms with Gasteiger partial charge in [0.1, 0.15) is 29.8 Å². The zero-order valence-electron chi connectivity index (χ0n) is 22.2. The van der Waals surface area contributed by atoms with Gasteiger partial charge in [0.25, 0.3) is 5.92 Å². The van der Waals surface area contributed by atoms with Gasteiger partial charge < -0.3 is 19.9 Å². The smallest absolute Gasteiger partial charge is 0.308 e. The fourth-order valence-electron chi connectivity index (χ4n) is 5.86. The molecular weight excluding hydrogens is 511 g/mol. The number of carbonyl (C=O) groups excluding carboxylic acids is 1. The minimum Gasteiger partial charge on any atom is -0.493 e. The van der Waals surface area contributed by atoms with Crippen molar-refractivity contribution < 1.29 is 32.5 Å². The van der Waals surface area contributed by atoms with E-state index in [-0.39, 0.29) is 23.4 Å². The van der Waals surface area contributed by atoms with Gasteiger partial charge in [0, 0.05) is 22.9 Å². The number of rotatable bonds is 7. The van der Waals surface area contributed by atoms with Crippen LogP contribution >= 0.6 is 0 Å². The summed E-state index contributed by atoms with van der Waals surface area (Å²) in [5.74, 6) is -3.03. The first-order chi connectivity index (χ1) is 18.6. The van der Waals surface area contributed by atoms with Crippen molar-refractivity contribution in [2.45, 2.75) is 63.8 Å². The number of aromatic nitrogens is 2. The van der Waals surface area contributed by atoms with Crippen molar-refractivity contribution in [1.82, 2.24) is 9.97 Å². The van der Waals surface area contributed by atoms with Crippen LogP contribution in [-0.4, -0.2) is 41.4 Å². The van der Waals surface area contributed by atoms with Crippen molar-refractivity contribution in [1.29, 1.82) is 0 Å². The Morgan fingerprint density at radius 3 is 2.69 bits per heavy atom. The fourth-order valence-corrected chi connectivity index (χ4v) is 5.86. The van der Waals surface area contributed by atoms with E-state index in [0.29, 0.717) is 24.7 Å². The molecule has 3 aromatic rings. The minimum absolute atomic E-state index is 0.0379. The average Bonchev–Trinajstić information content (AvgIpc) is 3.43. The van der Waals surface area contributed by atoms with Crippen LogP contribution in [0.1, 0.15) is 72.6 Å². The Bertz CT molecular complexity index is 1410. The molecule has 2 N–H and O–H groups in total. The Kier molecular flexibility index (Phi) is 7.41. The van der Waals surface area contributed by atoms with Gasteiger partial charge in [-0.1, -0.05) is 12.1 Å². The lowest BCUT2D eigenvalue weighted by molar-refractivity contribution is -0.146. The maximum atomic E-state index is 15.2. The van der Waals surface area contributed by atoms with Crippen LogP contribution in [0.2, 0.25) is 0 Å². The Balaban J connectivity index is 1.53. The number of aliphatic hydroxyl groups is 1. The molecule has 5 rings (SSSR count). The Labute approximate surface area is 224 Å². The highest BCUT2D eigenvalue weighted by molar-refractivity contribution is 5.94. The van der Waals surface area contributed by atoms with Gasteiger partial charge in [-0.2, -0.15) is 8.78 Å². The number of fused-ring (bicyclic) bond motifs is 3. The van der Waals surface area contributed by atoms with Crippen LogP contribution in [-0.2, 0) is 21.9 Å². The lowest BCUT2D eigenvalue weighted by atomic mass is 9.77. The van der Waals surface area contributed by atoms with E-state index in [4.69, 9.17) is 19.6 Å². The summed E-state index contributed by atoms with van der Waals surface area (Å²) >= 11 is 0. The molecule has 208 valence electrons. The van der Waals surface area contributed by atoms with Crippen molar-refractivity contribution in [3.8, 4) is 5.75 Å². The topological polar surface area (TPSA) is 93.6 Å². The van der Waals surface area contributed by atoms with E-state index in [1.807, 2.05) is 6.07 Å². The summed E-state index contributed by atoms with van der Waals surface area (Å²) in [7, 11) is 1.41. The van der Waals surface area contributed by atoms with E-state index in [0.717, 1.165) is 59.5 Å². The lowest BCUT2D eigenvalue weighted by Gasteiger charge is -2.28.